The van der Waals surface area contributed by atoms with Gasteiger partial charge in [-0.05, 0) is 30.3 Å². The third-order valence-electron chi connectivity index (χ3n) is 4.49. The smallest absolute Gasteiger partial charge is 0.340 e. The Balaban J connectivity index is 1.92. The summed E-state index contributed by atoms with van der Waals surface area (Å²) in [7, 11) is -2.07. The topological polar surface area (TPSA) is 98.8 Å². The Morgan fingerprint density at radius 1 is 0.969 bits per heavy atom. The molecule has 1 amide bonds. The molecule has 0 radical (unpaired) electrons. The molecule has 7 nitrogen and oxygen atoms in total. The molecule has 0 aromatic heterocycles. The number of halogens is 1. The van der Waals surface area contributed by atoms with E-state index in [9.17, 15) is 18.0 Å². The highest BCUT2D eigenvalue weighted by atomic mass is 35.5. The molecule has 0 saturated heterocycles. The summed E-state index contributed by atoms with van der Waals surface area (Å²) >= 11 is 6.10. The number of esters is 1. The fraction of sp³-hybridized carbons (Fsp3) is 0.130. The van der Waals surface area contributed by atoms with E-state index in [0.717, 1.165) is 12.3 Å². The second kappa shape index (κ2) is 9.84. The monoisotopic (exact) mass is 473 g/mol. The van der Waals surface area contributed by atoms with Gasteiger partial charge in [0.2, 0.25) is 6.10 Å². The third-order valence-corrected chi connectivity index (χ3v) is 5.93. The van der Waals surface area contributed by atoms with Gasteiger partial charge in [-0.3, -0.25) is 4.79 Å². The SMILES string of the molecule is COc1cccc(NC(=O)[C@@H](OC(=O)c2cc(S(C)(=O)=O)ccc2Cl)c2ccccc2)c1. The molecule has 0 saturated carbocycles. The first kappa shape index (κ1) is 23.3. The minimum Gasteiger partial charge on any atom is -0.497 e. The summed E-state index contributed by atoms with van der Waals surface area (Å²) in [6.07, 6.45) is -0.299. The number of ether oxygens (including phenoxy) is 2. The first-order valence-electron chi connectivity index (χ1n) is 9.39. The number of anilines is 1. The molecule has 1 atom stereocenters. The number of hydrogen-bond acceptors (Lipinski definition) is 6. The van der Waals surface area contributed by atoms with Crippen LogP contribution in [0.25, 0.3) is 0 Å². The number of rotatable bonds is 7. The Morgan fingerprint density at radius 2 is 1.69 bits per heavy atom. The summed E-state index contributed by atoms with van der Waals surface area (Å²) in [5.74, 6) is -0.997. The van der Waals surface area contributed by atoms with Gasteiger partial charge in [0.15, 0.2) is 9.84 Å². The van der Waals surface area contributed by atoms with E-state index in [-0.39, 0.29) is 15.5 Å². The lowest BCUT2D eigenvalue weighted by molar-refractivity contribution is -0.125. The summed E-state index contributed by atoms with van der Waals surface area (Å²) in [6.45, 7) is 0. The number of amides is 1. The van der Waals surface area contributed by atoms with Crippen molar-refractivity contribution in [3.8, 4) is 5.75 Å². The molecular weight excluding hydrogens is 454 g/mol. The van der Waals surface area contributed by atoms with Crippen LogP contribution in [0.3, 0.4) is 0 Å². The van der Waals surface area contributed by atoms with E-state index < -0.39 is 27.8 Å². The van der Waals surface area contributed by atoms with Crippen molar-refractivity contribution in [2.45, 2.75) is 11.0 Å². The zero-order chi connectivity index (χ0) is 23.3. The molecule has 0 unspecified atom stereocenters. The van der Waals surface area contributed by atoms with Gasteiger partial charge in [-0.25, -0.2) is 13.2 Å². The van der Waals surface area contributed by atoms with Gasteiger partial charge in [-0.15, -0.1) is 0 Å². The van der Waals surface area contributed by atoms with Crippen molar-refractivity contribution >= 4 is 39.0 Å². The molecule has 9 heteroatoms. The van der Waals surface area contributed by atoms with E-state index in [1.807, 2.05) is 0 Å². The molecule has 3 rings (SSSR count). The van der Waals surface area contributed by atoms with Crippen molar-refractivity contribution in [3.05, 3.63) is 88.9 Å². The number of carbonyl (C=O) groups is 2. The average Bonchev–Trinajstić information content (AvgIpc) is 2.77. The van der Waals surface area contributed by atoms with Crippen LogP contribution in [0.2, 0.25) is 5.02 Å². The standard InChI is InChI=1S/C23H20ClNO6S/c1-30-17-10-6-9-16(13-17)25-22(26)21(15-7-4-3-5-8-15)31-23(27)19-14-18(32(2,28)29)11-12-20(19)24/h3-14,21H,1-2H3,(H,25,26)/t21-/m0/s1. The summed E-state index contributed by atoms with van der Waals surface area (Å²) in [6, 6.07) is 18.9. The fourth-order valence-corrected chi connectivity index (χ4v) is 3.71. The maximum Gasteiger partial charge on any atom is 0.340 e. The van der Waals surface area contributed by atoms with Crippen LogP contribution in [0.1, 0.15) is 22.0 Å². The molecule has 0 fully saturated rings. The lowest BCUT2D eigenvalue weighted by atomic mass is 10.1. The quantitative estimate of drug-likeness (QED) is 0.514. The second-order valence-corrected chi connectivity index (χ2v) is 9.25. The van der Waals surface area contributed by atoms with E-state index in [4.69, 9.17) is 21.1 Å². The van der Waals surface area contributed by atoms with E-state index in [1.165, 1.54) is 19.2 Å². The molecule has 0 aliphatic rings. The molecule has 1 N–H and O–H groups in total. The minimum atomic E-state index is -3.58. The van der Waals surface area contributed by atoms with Crippen LogP contribution in [0.15, 0.2) is 77.7 Å². The van der Waals surface area contributed by atoms with Gasteiger partial charge in [0.05, 0.1) is 22.6 Å². The van der Waals surface area contributed by atoms with Gasteiger partial charge >= 0.3 is 5.97 Å². The van der Waals surface area contributed by atoms with E-state index >= 15 is 0 Å². The zero-order valence-electron chi connectivity index (χ0n) is 17.2. The highest BCUT2D eigenvalue weighted by Gasteiger charge is 2.27. The summed E-state index contributed by atoms with van der Waals surface area (Å²) in [5.41, 5.74) is 0.713. The number of hydrogen-bond donors (Lipinski definition) is 1. The van der Waals surface area contributed by atoms with E-state index in [1.54, 1.807) is 54.6 Å². The van der Waals surface area contributed by atoms with Crippen LogP contribution in [-0.4, -0.2) is 33.7 Å². The van der Waals surface area contributed by atoms with Crippen molar-refractivity contribution in [1.29, 1.82) is 0 Å². The molecule has 0 spiro atoms. The lowest BCUT2D eigenvalue weighted by Crippen LogP contribution is -2.26. The van der Waals surface area contributed by atoms with Crippen LogP contribution >= 0.6 is 11.6 Å². The van der Waals surface area contributed by atoms with E-state index in [2.05, 4.69) is 5.32 Å². The van der Waals surface area contributed by atoms with Crippen molar-refractivity contribution in [1.82, 2.24) is 0 Å². The summed E-state index contributed by atoms with van der Waals surface area (Å²) < 4.78 is 34.4. The Morgan fingerprint density at radius 3 is 2.34 bits per heavy atom. The maximum absolute atomic E-state index is 13.0. The number of benzene rings is 3. The van der Waals surface area contributed by atoms with Crippen molar-refractivity contribution in [2.75, 3.05) is 18.7 Å². The van der Waals surface area contributed by atoms with Crippen LogP contribution in [0.4, 0.5) is 5.69 Å². The van der Waals surface area contributed by atoms with Crippen molar-refractivity contribution in [2.24, 2.45) is 0 Å². The van der Waals surface area contributed by atoms with Gasteiger partial charge in [0.25, 0.3) is 5.91 Å². The highest BCUT2D eigenvalue weighted by Crippen LogP contribution is 2.26. The Kier molecular flexibility index (Phi) is 7.17. The molecule has 0 heterocycles. The largest absolute Gasteiger partial charge is 0.497 e. The number of carbonyl (C=O) groups excluding carboxylic acids is 2. The highest BCUT2D eigenvalue weighted by molar-refractivity contribution is 7.90. The van der Waals surface area contributed by atoms with Gasteiger partial charge in [-0.2, -0.15) is 0 Å². The molecule has 3 aromatic rings. The predicted molar refractivity (Wildman–Crippen MR) is 121 cm³/mol. The molecule has 0 aliphatic carbocycles. The third kappa shape index (κ3) is 5.66. The summed E-state index contributed by atoms with van der Waals surface area (Å²) in [4.78, 5) is 25.8. The maximum atomic E-state index is 13.0. The van der Waals surface area contributed by atoms with Gasteiger partial charge in [0, 0.05) is 23.6 Å². The van der Waals surface area contributed by atoms with E-state index in [0.29, 0.717) is 17.0 Å². The van der Waals surface area contributed by atoms with Crippen LogP contribution in [0, 0.1) is 0 Å². The average molecular weight is 474 g/mol. The Labute approximate surface area is 190 Å². The first-order valence-corrected chi connectivity index (χ1v) is 11.7. The lowest BCUT2D eigenvalue weighted by Gasteiger charge is -2.19. The normalized spacial score (nSPS) is 12.0. The van der Waals surface area contributed by atoms with Crippen molar-refractivity contribution in [3.63, 3.8) is 0 Å². The van der Waals surface area contributed by atoms with Gasteiger partial charge in [-0.1, -0.05) is 48.0 Å². The molecule has 166 valence electrons. The molecule has 0 aliphatic heterocycles. The van der Waals surface area contributed by atoms with Crippen LogP contribution in [-0.2, 0) is 19.4 Å². The van der Waals surface area contributed by atoms with Crippen LogP contribution < -0.4 is 10.1 Å². The number of sulfone groups is 1. The van der Waals surface area contributed by atoms with Crippen molar-refractivity contribution < 1.29 is 27.5 Å². The number of nitrogens with one attached hydrogen (secondary N) is 1. The second-order valence-electron chi connectivity index (χ2n) is 6.83. The Hall–Kier alpha value is -3.36. The minimum absolute atomic E-state index is 0.00224. The van der Waals surface area contributed by atoms with Gasteiger partial charge < -0.3 is 14.8 Å². The molecule has 32 heavy (non-hydrogen) atoms. The predicted octanol–water partition coefficient (Wildman–Crippen LogP) is 4.29. The van der Waals surface area contributed by atoms with Crippen LogP contribution in [0.5, 0.6) is 5.75 Å². The fourth-order valence-electron chi connectivity index (χ4n) is 2.87. The summed E-state index contributed by atoms with van der Waals surface area (Å²) in [5, 5.41) is 2.70. The molecule has 0 bridgehead atoms. The number of methoxy groups -OCH3 is 1. The first-order chi connectivity index (χ1) is 15.2. The van der Waals surface area contributed by atoms with Gasteiger partial charge in [0.1, 0.15) is 5.75 Å². The molecular formula is C23H20ClNO6S. The molecule has 3 aromatic carbocycles. The zero-order valence-corrected chi connectivity index (χ0v) is 18.8. The Bertz CT molecular complexity index is 1240.